The van der Waals surface area contributed by atoms with E-state index in [0.29, 0.717) is 5.65 Å². The van der Waals surface area contributed by atoms with Crippen molar-refractivity contribution in [2.45, 2.75) is 32.7 Å². The lowest BCUT2D eigenvalue weighted by Crippen LogP contribution is -2.24. The van der Waals surface area contributed by atoms with Crippen LogP contribution in [0.5, 0.6) is 0 Å². The third-order valence-corrected chi connectivity index (χ3v) is 4.09. The van der Waals surface area contributed by atoms with Crippen molar-refractivity contribution in [2.75, 3.05) is 5.32 Å². The first-order valence-electron chi connectivity index (χ1n) is 8.13. The summed E-state index contributed by atoms with van der Waals surface area (Å²) in [5.74, 6) is -1.22. The molecule has 0 radical (unpaired) electrons. The largest absolute Gasteiger partial charge is 0.324 e. The molecule has 130 valence electrons. The average Bonchev–Trinajstić information content (AvgIpc) is 2.57. The van der Waals surface area contributed by atoms with Gasteiger partial charge in [-0.1, -0.05) is 13.8 Å². The van der Waals surface area contributed by atoms with Crippen LogP contribution in [-0.4, -0.2) is 14.5 Å². The minimum atomic E-state index is -0.697. The number of hydrogen-bond donors (Lipinski definition) is 1. The summed E-state index contributed by atoms with van der Waals surface area (Å²) in [5, 5.41) is 3.51. The number of pyridine rings is 1. The Morgan fingerprint density at radius 1 is 1.12 bits per heavy atom. The van der Waals surface area contributed by atoms with Gasteiger partial charge >= 0.3 is 0 Å². The molecular formula is C18H18F2N4O. The summed E-state index contributed by atoms with van der Waals surface area (Å²) in [6.45, 7) is 4.02. The number of halogens is 2. The molecule has 0 aliphatic rings. The number of fused-ring (bicyclic) bond motifs is 1. The zero-order valence-electron chi connectivity index (χ0n) is 14.0. The fraction of sp³-hybridized carbons (Fsp3) is 0.278. The Morgan fingerprint density at radius 2 is 1.80 bits per heavy atom. The van der Waals surface area contributed by atoms with Gasteiger partial charge in [-0.3, -0.25) is 9.36 Å². The number of hydrogen-bond acceptors (Lipinski definition) is 4. The van der Waals surface area contributed by atoms with Crippen molar-refractivity contribution in [1.82, 2.24) is 14.5 Å². The highest BCUT2D eigenvalue weighted by Crippen LogP contribution is 2.21. The van der Waals surface area contributed by atoms with E-state index in [4.69, 9.17) is 0 Å². The van der Waals surface area contributed by atoms with Crippen LogP contribution in [0.25, 0.3) is 11.0 Å². The van der Waals surface area contributed by atoms with Crippen LogP contribution in [0.15, 0.2) is 41.3 Å². The minimum Gasteiger partial charge on any atom is -0.324 e. The van der Waals surface area contributed by atoms with Crippen LogP contribution < -0.4 is 10.9 Å². The third-order valence-electron chi connectivity index (χ3n) is 4.09. The molecule has 7 heteroatoms. The van der Waals surface area contributed by atoms with E-state index < -0.39 is 11.6 Å². The summed E-state index contributed by atoms with van der Waals surface area (Å²) in [4.78, 5) is 20.9. The van der Waals surface area contributed by atoms with E-state index in [-0.39, 0.29) is 23.2 Å². The van der Waals surface area contributed by atoms with Gasteiger partial charge in [0.05, 0.1) is 0 Å². The molecule has 0 saturated heterocycles. The molecule has 0 fully saturated rings. The smallest absolute Gasteiger partial charge is 0.252 e. The van der Waals surface area contributed by atoms with E-state index in [9.17, 15) is 13.6 Å². The zero-order valence-corrected chi connectivity index (χ0v) is 14.0. The summed E-state index contributed by atoms with van der Waals surface area (Å²) >= 11 is 0. The SMILES string of the molecule is CCC(CC)n1c(=O)ccc2cnc(Nc3cc(F)cc(F)c3)nc21. The van der Waals surface area contributed by atoms with Crippen molar-refractivity contribution >= 4 is 22.7 Å². The number of benzene rings is 1. The van der Waals surface area contributed by atoms with E-state index >= 15 is 0 Å². The summed E-state index contributed by atoms with van der Waals surface area (Å²) in [6.07, 6.45) is 3.16. The van der Waals surface area contributed by atoms with Gasteiger partial charge in [0.2, 0.25) is 5.95 Å². The normalized spacial score (nSPS) is 11.2. The highest BCUT2D eigenvalue weighted by Gasteiger charge is 2.14. The van der Waals surface area contributed by atoms with Crippen LogP contribution in [-0.2, 0) is 0 Å². The Bertz CT molecular complexity index is 947. The Balaban J connectivity index is 2.09. The van der Waals surface area contributed by atoms with Gasteiger partial charge in [-0.25, -0.2) is 13.8 Å². The topological polar surface area (TPSA) is 59.8 Å². The molecule has 0 atom stereocenters. The molecule has 0 aliphatic carbocycles. The van der Waals surface area contributed by atoms with E-state index in [1.165, 1.54) is 6.07 Å². The van der Waals surface area contributed by atoms with E-state index in [1.54, 1.807) is 16.8 Å². The van der Waals surface area contributed by atoms with Gasteiger partial charge in [-0.15, -0.1) is 0 Å². The van der Waals surface area contributed by atoms with Gasteiger partial charge in [0.15, 0.2) is 0 Å². The van der Waals surface area contributed by atoms with Crippen molar-refractivity contribution < 1.29 is 8.78 Å². The molecule has 0 amide bonds. The minimum absolute atomic E-state index is 0.0190. The second-order valence-corrected chi connectivity index (χ2v) is 5.77. The standard InChI is InChI=1S/C18H18F2N4O/c1-3-15(4-2)24-16(25)6-5-11-10-21-18(23-17(11)24)22-14-8-12(19)7-13(20)9-14/h5-10,15H,3-4H2,1-2H3,(H,21,22,23). The maximum absolute atomic E-state index is 13.3. The number of nitrogens with one attached hydrogen (secondary N) is 1. The molecule has 1 N–H and O–H groups in total. The monoisotopic (exact) mass is 344 g/mol. The molecule has 0 aliphatic heterocycles. The quantitative estimate of drug-likeness (QED) is 0.754. The lowest BCUT2D eigenvalue weighted by atomic mass is 10.1. The van der Waals surface area contributed by atoms with Crippen molar-refractivity contribution in [3.63, 3.8) is 0 Å². The Morgan fingerprint density at radius 3 is 2.44 bits per heavy atom. The van der Waals surface area contributed by atoms with Crippen LogP contribution in [0.4, 0.5) is 20.4 Å². The fourth-order valence-electron chi connectivity index (χ4n) is 2.86. The summed E-state index contributed by atoms with van der Waals surface area (Å²) in [6, 6.07) is 6.27. The highest BCUT2D eigenvalue weighted by molar-refractivity contribution is 5.75. The molecule has 1 aromatic carbocycles. The maximum Gasteiger partial charge on any atom is 0.252 e. The van der Waals surface area contributed by atoms with Gasteiger partial charge in [-0.2, -0.15) is 4.98 Å². The lowest BCUT2D eigenvalue weighted by Gasteiger charge is -2.18. The maximum atomic E-state index is 13.3. The Hall–Kier alpha value is -2.83. The van der Waals surface area contributed by atoms with Crippen LogP contribution in [0.1, 0.15) is 32.7 Å². The highest BCUT2D eigenvalue weighted by atomic mass is 19.1. The summed E-state index contributed by atoms with van der Waals surface area (Å²) in [7, 11) is 0. The van der Waals surface area contributed by atoms with Gasteiger partial charge in [0, 0.05) is 35.4 Å². The van der Waals surface area contributed by atoms with Crippen LogP contribution in [0.3, 0.4) is 0 Å². The number of nitrogens with zero attached hydrogens (tertiary/aromatic N) is 3. The van der Waals surface area contributed by atoms with E-state index in [1.807, 2.05) is 13.8 Å². The Kier molecular flexibility index (Phi) is 4.74. The molecule has 5 nitrogen and oxygen atoms in total. The molecule has 25 heavy (non-hydrogen) atoms. The van der Waals surface area contributed by atoms with Crippen molar-refractivity contribution in [1.29, 1.82) is 0 Å². The first-order chi connectivity index (χ1) is 12.0. The summed E-state index contributed by atoms with van der Waals surface area (Å²) < 4.78 is 28.3. The zero-order chi connectivity index (χ0) is 18.0. The van der Waals surface area contributed by atoms with Gasteiger partial charge < -0.3 is 5.32 Å². The first kappa shape index (κ1) is 17.0. The average molecular weight is 344 g/mol. The number of rotatable bonds is 5. The van der Waals surface area contributed by atoms with Gasteiger partial charge in [0.1, 0.15) is 17.3 Å². The third kappa shape index (κ3) is 3.50. The molecular weight excluding hydrogens is 326 g/mol. The lowest BCUT2D eigenvalue weighted by molar-refractivity contribution is 0.470. The van der Waals surface area contributed by atoms with Crippen LogP contribution in [0, 0.1) is 11.6 Å². The van der Waals surface area contributed by atoms with Crippen molar-refractivity contribution in [3.05, 3.63) is 58.5 Å². The van der Waals surface area contributed by atoms with Gasteiger partial charge in [0.25, 0.3) is 5.56 Å². The predicted molar refractivity (Wildman–Crippen MR) is 93.1 cm³/mol. The van der Waals surface area contributed by atoms with E-state index in [2.05, 4.69) is 15.3 Å². The molecule has 0 saturated carbocycles. The molecule has 2 aromatic heterocycles. The molecule has 0 unspecified atom stereocenters. The second kappa shape index (κ2) is 6.96. The fourth-order valence-corrected chi connectivity index (χ4v) is 2.86. The molecule has 3 rings (SSSR count). The molecule has 2 heterocycles. The predicted octanol–water partition coefficient (Wildman–Crippen LogP) is 4.17. The van der Waals surface area contributed by atoms with Crippen molar-refractivity contribution in [3.8, 4) is 0 Å². The first-order valence-corrected chi connectivity index (χ1v) is 8.13. The number of anilines is 2. The molecule has 3 aromatic rings. The van der Waals surface area contributed by atoms with Gasteiger partial charge in [-0.05, 0) is 31.0 Å². The second-order valence-electron chi connectivity index (χ2n) is 5.77. The molecule has 0 spiro atoms. The number of aromatic nitrogens is 3. The Labute approximate surface area is 143 Å². The van der Waals surface area contributed by atoms with Crippen LogP contribution >= 0.6 is 0 Å². The van der Waals surface area contributed by atoms with E-state index in [0.717, 1.165) is 36.4 Å². The van der Waals surface area contributed by atoms with Crippen molar-refractivity contribution in [2.24, 2.45) is 0 Å². The molecule has 0 bridgehead atoms. The summed E-state index contributed by atoms with van der Waals surface area (Å²) in [5.41, 5.74) is 0.558. The van der Waals surface area contributed by atoms with Crippen LogP contribution in [0.2, 0.25) is 0 Å².